The molecule has 1 heterocycles. The van der Waals surface area contributed by atoms with E-state index in [1.807, 2.05) is 0 Å². The van der Waals surface area contributed by atoms with Crippen molar-refractivity contribution < 1.29 is 28.7 Å². The SMILES string of the molecule is CC(Oc1ccc(Br)cc1)C(=O)OCC(=O)Nc1ccc2c(c1)C(=O)N(C)C2=O. The molecule has 0 bridgehead atoms. The minimum atomic E-state index is -0.900. The number of esters is 1. The number of hydrogen-bond donors (Lipinski definition) is 1. The number of amides is 3. The van der Waals surface area contributed by atoms with Crippen LogP contribution < -0.4 is 10.1 Å². The van der Waals surface area contributed by atoms with Gasteiger partial charge in [0.25, 0.3) is 17.7 Å². The van der Waals surface area contributed by atoms with Crippen molar-refractivity contribution in [2.24, 2.45) is 0 Å². The van der Waals surface area contributed by atoms with Gasteiger partial charge in [-0.1, -0.05) is 15.9 Å². The molecule has 1 N–H and O–H groups in total. The topological polar surface area (TPSA) is 102 Å². The van der Waals surface area contributed by atoms with Crippen molar-refractivity contribution in [2.45, 2.75) is 13.0 Å². The largest absolute Gasteiger partial charge is 0.479 e. The van der Waals surface area contributed by atoms with E-state index in [1.54, 1.807) is 24.3 Å². The van der Waals surface area contributed by atoms with E-state index in [4.69, 9.17) is 9.47 Å². The van der Waals surface area contributed by atoms with Crippen molar-refractivity contribution in [2.75, 3.05) is 19.0 Å². The zero-order valence-corrected chi connectivity index (χ0v) is 17.2. The predicted molar refractivity (Wildman–Crippen MR) is 107 cm³/mol. The first-order valence-electron chi connectivity index (χ1n) is 8.61. The van der Waals surface area contributed by atoms with Gasteiger partial charge in [0.2, 0.25) is 0 Å². The van der Waals surface area contributed by atoms with Crippen LogP contribution in [0.15, 0.2) is 46.9 Å². The summed E-state index contributed by atoms with van der Waals surface area (Å²) >= 11 is 3.30. The van der Waals surface area contributed by atoms with Gasteiger partial charge in [-0.15, -0.1) is 0 Å². The number of fused-ring (bicyclic) bond motifs is 1. The molecule has 29 heavy (non-hydrogen) atoms. The minimum absolute atomic E-state index is 0.212. The summed E-state index contributed by atoms with van der Waals surface area (Å²) in [7, 11) is 1.39. The highest BCUT2D eigenvalue weighted by atomic mass is 79.9. The van der Waals surface area contributed by atoms with Crippen molar-refractivity contribution in [1.29, 1.82) is 0 Å². The highest BCUT2D eigenvalue weighted by molar-refractivity contribution is 9.10. The third-order valence-corrected chi connectivity index (χ3v) is 4.71. The van der Waals surface area contributed by atoms with Crippen LogP contribution in [-0.4, -0.2) is 48.3 Å². The molecule has 2 aromatic carbocycles. The molecule has 3 rings (SSSR count). The van der Waals surface area contributed by atoms with E-state index in [0.717, 1.165) is 9.37 Å². The van der Waals surface area contributed by atoms with E-state index in [2.05, 4.69) is 21.2 Å². The molecule has 3 amide bonds. The van der Waals surface area contributed by atoms with Crippen molar-refractivity contribution in [3.8, 4) is 5.75 Å². The molecule has 150 valence electrons. The fraction of sp³-hybridized carbons (Fsp3) is 0.200. The molecule has 0 radical (unpaired) electrons. The van der Waals surface area contributed by atoms with Crippen LogP contribution >= 0.6 is 15.9 Å². The lowest BCUT2D eigenvalue weighted by Crippen LogP contribution is -2.29. The number of rotatable bonds is 6. The molecule has 9 heteroatoms. The van der Waals surface area contributed by atoms with E-state index in [-0.39, 0.29) is 11.1 Å². The normalized spacial score (nSPS) is 13.7. The molecular weight excluding hydrogens is 444 g/mol. The molecule has 1 aliphatic rings. The highest BCUT2D eigenvalue weighted by Gasteiger charge is 2.32. The Bertz CT molecular complexity index is 989. The van der Waals surface area contributed by atoms with Gasteiger partial charge < -0.3 is 14.8 Å². The summed E-state index contributed by atoms with van der Waals surface area (Å²) < 4.78 is 11.3. The van der Waals surface area contributed by atoms with E-state index in [0.29, 0.717) is 11.4 Å². The minimum Gasteiger partial charge on any atom is -0.479 e. The molecule has 8 nitrogen and oxygen atoms in total. The Morgan fingerprint density at radius 1 is 1.07 bits per heavy atom. The third kappa shape index (κ3) is 4.62. The summed E-state index contributed by atoms with van der Waals surface area (Å²) in [6, 6.07) is 11.3. The molecule has 0 aromatic heterocycles. The lowest BCUT2D eigenvalue weighted by molar-refractivity contribution is -0.153. The highest BCUT2D eigenvalue weighted by Crippen LogP contribution is 2.24. The van der Waals surface area contributed by atoms with E-state index >= 15 is 0 Å². The molecule has 0 spiro atoms. The van der Waals surface area contributed by atoms with Gasteiger partial charge in [-0.3, -0.25) is 19.3 Å². The van der Waals surface area contributed by atoms with Gasteiger partial charge in [-0.25, -0.2) is 4.79 Å². The number of carbonyl (C=O) groups excluding carboxylic acids is 4. The van der Waals surface area contributed by atoms with Gasteiger partial charge >= 0.3 is 5.97 Å². The van der Waals surface area contributed by atoms with Gasteiger partial charge in [0.15, 0.2) is 12.7 Å². The van der Waals surface area contributed by atoms with Gasteiger partial charge in [0.05, 0.1) is 11.1 Å². The van der Waals surface area contributed by atoms with Crippen molar-refractivity contribution >= 4 is 45.3 Å². The first-order chi connectivity index (χ1) is 13.8. The number of hydrogen-bond acceptors (Lipinski definition) is 6. The Hall–Kier alpha value is -3.20. The van der Waals surface area contributed by atoms with Crippen LogP contribution in [0.3, 0.4) is 0 Å². The Labute approximate surface area is 174 Å². The molecule has 0 fully saturated rings. The van der Waals surface area contributed by atoms with E-state index < -0.39 is 36.4 Å². The van der Waals surface area contributed by atoms with Crippen molar-refractivity contribution in [3.63, 3.8) is 0 Å². The standard InChI is InChI=1S/C20H17BrN2O6/c1-11(29-14-6-3-12(21)4-7-14)20(27)28-10-17(24)22-13-5-8-15-16(9-13)19(26)23(2)18(15)25/h3-9,11H,10H2,1-2H3,(H,22,24). The molecular formula is C20H17BrN2O6. The second kappa shape index (κ2) is 8.44. The lowest BCUT2D eigenvalue weighted by Gasteiger charge is -2.14. The quantitative estimate of drug-likeness (QED) is 0.524. The van der Waals surface area contributed by atoms with E-state index in [1.165, 1.54) is 32.2 Å². The molecule has 0 saturated heterocycles. The first-order valence-corrected chi connectivity index (χ1v) is 9.40. The van der Waals surface area contributed by atoms with Crippen LogP contribution in [0.25, 0.3) is 0 Å². The summed E-state index contributed by atoms with van der Waals surface area (Å²) in [5.74, 6) is -1.62. The number of benzene rings is 2. The van der Waals surface area contributed by atoms with Gasteiger partial charge in [-0.05, 0) is 49.4 Å². The van der Waals surface area contributed by atoms with Gasteiger partial charge in [0, 0.05) is 17.2 Å². The van der Waals surface area contributed by atoms with Crippen LogP contribution in [0.2, 0.25) is 0 Å². The smallest absolute Gasteiger partial charge is 0.347 e. The number of ether oxygens (including phenoxy) is 2. The zero-order chi connectivity index (χ0) is 21.1. The third-order valence-electron chi connectivity index (χ3n) is 4.18. The second-order valence-electron chi connectivity index (χ2n) is 6.30. The fourth-order valence-electron chi connectivity index (χ4n) is 2.66. The van der Waals surface area contributed by atoms with Crippen LogP contribution in [0.4, 0.5) is 5.69 Å². The van der Waals surface area contributed by atoms with Crippen LogP contribution in [0, 0.1) is 0 Å². The molecule has 2 aromatic rings. The average Bonchev–Trinajstić information content (AvgIpc) is 2.91. The maximum atomic E-state index is 12.0. The molecule has 1 atom stereocenters. The van der Waals surface area contributed by atoms with Crippen LogP contribution in [0.5, 0.6) is 5.75 Å². The summed E-state index contributed by atoms with van der Waals surface area (Å²) in [5.41, 5.74) is 0.810. The monoisotopic (exact) mass is 460 g/mol. The Morgan fingerprint density at radius 2 is 1.72 bits per heavy atom. The number of halogens is 1. The lowest BCUT2D eigenvalue weighted by atomic mass is 10.1. The second-order valence-corrected chi connectivity index (χ2v) is 7.22. The number of nitrogens with one attached hydrogen (secondary N) is 1. The maximum absolute atomic E-state index is 12.0. The summed E-state index contributed by atoms with van der Waals surface area (Å²) in [4.78, 5) is 49.0. The van der Waals surface area contributed by atoms with Crippen LogP contribution in [-0.2, 0) is 14.3 Å². The van der Waals surface area contributed by atoms with Gasteiger partial charge in [0.1, 0.15) is 5.75 Å². The first kappa shape index (κ1) is 20.5. The zero-order valence-electron chi connectivity index (χ0n) is 15.6. The maximum Gasteiger partial charge on any atom is 0.347 e. The summed E-state index contributed by atoms with van der Waals surface area (Å²) in [6.07, 6.45) is -0.900. The summed E-state index contributed by atoms with van der Waals surface area (Å²) in [5, 5.41) is 2.53. The average molecular weight is 461 g/mol. The number of nitrogens with zero attached hydrogens (tertiary/aromatic N) is 1. The van der Waals surface area contributed by atoms with Crippen LogP contribution in [0.1, 0.15) is 27.6 Å². The summed E-state index contributed by atoms with van der Waals surface area (Å²) in [6.45, 7) is 0.999. The predicted octanol–water partition coefficient (Wildman–Crippen LogP) is 2.62. The molecule has 1 aliphatic heterocycles. The van der Waals surface area contributed by atoms with E-state index in [9.17, 15) is 19.2 Å². The number of imide groups is 1. The molecule has 1 unspecified atom stereocenters. The van der Waals surface area contributed by atoms with Gasteiger partial charge in [-0.2, -0.15) is 0 Å². The Morgan fingerprint density at radius 3 is 2.41 bits per heavy atom. The number of carbonyl (C=O) groups is 4. The van der Waals surface area contributed by atoms with Crippen molar-refractivity contribution in [3.05, 3.63) is 58.1 Å². The van der Waals surface area contributed by atoms with Crippen molar-refractivity contribution in [1.82, 2.24) is 4.90 Å². The Kier molecular flexibility index (Phi) is 5.97. The molecule has 0 saturated carbocycles. The molecule has 0 aliphatic carbocycles. The Balaban J connectivity index is 1.52. The fourth-order valence-corrected chi connectivity index (χ4v) is 2.92. The number of anilines is 1.